The van der Waals surface area contributed by atoms with Gasteiger partial charge in [-0.2, -0.15) is 0 Å². The molecule has 0 amide bonds. The van der Waals surface area contributed by atoms with E-state index in [0.29, 0.717) is 0 Å². The van der Waals surface area contributed by atoms with Crippen molar-refractivity contribution < 1.29 is 5.11 Å². The number of anilines is 1. The maximum absolute atomic E-state index is 9.31. The van der Waals surface area contributed by atoms with E-state index in [1.165, 1.54) is 0 Å². The summed E-state index contributed by atoms with van der Waals surface area (Å²) in [4.78, 5) is 8.47. The number of hydrogen-bond donors (Lipinski definition) is 2. The summed E-state index contributed by atoms with van der Waals surface area (Å²) >= 11 is 5.93. The predicted octanol–water partition coefficient (Wildman–Crippen LogP) is 2.33. The average Bonchev–Trinajstić information content (AvgIpc) is 3.06. The second kappa shape index (κ2) is 4.78. The maximum Gasteiger partial charge on any atom is 0.224 e. The number of aliphatic hydroxyl groups is 1. The van der Waals surface area contributed by atoms with Gasteiger partial charge in [0.2, 0.25) is 5.28 Å². The van der Waals surface area contributed by atoms with Crippen molar-refractivity contribution in [2.75, 3.05) is 11.9 Å². The van der Waals surface area contributed by atoms with Crippen LogP contribution < -0.4 is 5.32 Å². The Labute approximate surface area is 106 Å². The molecular weight excluding hydrogens is 238 g/mol. The number of aliphatic hydroxyl groups excluding tert-OH is 1. The Morgan fingerprint density at radius 1 is 1.41 bits per heavy atom. The third-order valence-corrected chi connectivity index (χ3v) is 3.41. The first kappa shape index (κ1) is 12.6. The Bertz CT molecular complexity index is 418. The molecule has 17 heavy (non-hydrogen) atoms. The Morgan fingerprint density at radius 3 is 2.65 bits per heavy atom. The van der Waals surface area contributed by atoms with Gasteiger partial charge in [0.1, 0.15) is 5.82 Å². The van der Waals surface area contributed by atoms with E-state index >= 15 is 0 Å². The molecule has 5 heteroatoms. The molecular formula is C12H18ClN3O. The Kier molecular flexibility index (Phi) is 3.54. The van der Waals surface area contributed by atoms with Gasteiger partial charge in [-0.15, -0.1) is 0 Å². The van der Waals surface area contributed by atoms with Gasteiger partial charge in [-0.25, -0.2) is 9.97 Å². The molecule has 0 aliphatic heterocycles. The van der Waals surface area contributed by atoms with E-state index in [1.807, 2.05) is 6.92 Å². The zero-order chi connectivity index (χ0) is 12.5. The smallest absolute Gasteiger partial charge is 0.224 e. The molecule has 2 N–H and O–H groups in total. The summed E-state index contributed by atoms with van der Waals surface area (Å²) < 4.78 is 0. The fourth-order valence-electron chi connectivity index (χ4n) is 1.86. The number of halogens is 1. The third-order valence-electron chi connectivity index (χ3n) is 3.25. The Balaban J connectivity index is 2.26. The molecule has 1 aliphatic rings. The number of aryl methyl sites for hydroxylation is 1. The van der Waals surface area contributed by atoms with Crippen LogP contribution in [-0.4, -0.2) is 27.2 Å². The SMILES string of the molecule is CCCc1nc(Cl)nc(NC2(CO)CC2)c1C. The molecule has 1 aliphatic carbocycles. The van der Waals surface area contributed by atoms with Gasteiger partial charge in [0.15, 0.2) is 0 Å². The van der Waals surface area contributed by atoms with Gasteiger partial charge < -0.3 is 10.4 Å². The molecule has 1 aromatic rings. The van der Waals surface area contributed by atoms with E-state index in [9.17, 15) is 5.11 Å². The standard InChI is InChI=1S/C12H18ClN3O/c1-3-4-9-8(2)10(15-11(13)14-9)16-12(7-17)5-6-12/h17H,3-7H2,1-2H3,(H,14,15,16). The fourth-order valence-corrected chi connectivity index (χ4v) is 2.05. The van der Waals surface area contributed by atoms with Crippen LogP contribution >= 0.6 is 11.6 Å². The molecule has 0 saturated heterocycles. The molecule has 4 nitrogen and oxygen atoms in total. The first-order valence-corrected chi connectivity index (χ1v) is 6.40. The minimum Gasteiger partial charge on any atom is -0.394 e. The summed E-state index contributed by atoms with van der Waals surface area (Å²) in [7, 11) is 0. The van der Waals surface area contributed by atoms with Gasteiger partial charge in [0.05, 0.1) is 17.8 Å². The summed E-state index contributed by atoms with van der Waals surface area (Å²) in [5.41, 5.74) is 1.85. The second-order valence-electron chi connectivity index (χ2n) is 4.73. The van der Waals surface area contributed by atoms with Crippen molar-refractivity contribution in [3.05, 3.63) is 16.5 Å². The van der Waals surface area contributed by atoms with Crippen LogP contribution in [0.4, 0.5) is 5.82 Å². The van der Waals surface area contributed by atoms with E-state index in [1.54, 1.807) is 0 Å². The van der Waals surface area contributed by atoms with Crippen LogP contribution in [0.15, 0.2) is 0 Å². The van der Waals surface area contributed by atoms with E-state index in [2.05, 4.69) is 22.2 Å². The van der Waals surface area contributed by atoms with Crippen LogP contribution in [0.3, 0.4) is 0 Å². The van der Waals surface area contributed by atoms with Gasteiger partial charge in [0.25, 0.3) is 0 Å². The molecule has 1 aromatic heterocycles. The molecule has 94 valence electrons. The van der Waals surface area contributed by atoms with Gasteiger partial charge in [-0.3, -0.25) is 0 Å². The Morgan fingerprint density at radius 2 is 2.12 bits per heavy atom. The molecule has 1 heterocycles. The molecule has 0 aromatic carbocycles. The summed E-state index contributed by atoms with van der Waals surface area (Å²) in [6, 6.07) is 0. The largest absolute Gasteiger partial charge is 0.394 e. The normalized spacial score (nSPS) is 16.9. The minimum absolute atomic E-state index is 0.136. The number of nitrogens with zero attached hydrogens (tertiary/aromatic N) is 2. The first-order valence-electron chi connectivity index (χ1n) is 6.02. The molecule has 0 unspecified atom stereocenters. The molecule has 1 fully saturated rings. The van der Waals surface area contributed by atoms with Crippen molar-refractivity contribution in [3.8, 4) is 0 Å². The Hall–Kier alpha value is -0.870. The number of nitrogens with one attached hydrogen (secondary N) is 1. The molecule has 1 saturated carbocycles. The van der Waals surface area contributed by atoms with Crippen molar-refractivity contribution in [2.45, 2.75) is 45.1 Å². The van der Waals surface area contributed by atoms with Crippen LogP contribution in [0.1, 0.15) is 37.4 Å². The van der Waals surface area contributed by atoms with Crippen LogP contribution in [0, 0.1) is 6.92 Å². The highest BCUT2D eigenvalue weighted by atomic mass is 35.5. The zero-order valence-electron chi connectivity index (χ0n) is 10.3. The topological polar surface area (TPSA) is 58.0 Å². The van der Waals surface area contributed by atoms with Crippen LogP contribution in [0.2, 0.25) is 5.28 Å². The lowest BCUT2D eigenvalue weighted by Crippen LogP contribution is -2.27. The van der Waals surface area contributed by atoms with Crippen LogP contribution in [0.25, 0.3) is 0 Å². The molecule has 0 radical (unpaired) electrons. The first-order chi connectivity index (χ1) is 8.10. The highest BCUT2D eigenvalue weighted by molar-refractivity contribution is 6.28. The molecule has 0 spiro atoms. The van der Waals surface area contributed by atoms with Gasteiger partial charge >= 0.3 is 0 Å². The number of rotatable bonds is 5. The van der Waals surface area contributed by atoms with E-state index in [0.717, 1.165) is 42.8 Å². The van der Waals surface area contributed by atoms with Crippen molar-refractivity contribution in [2.24, 2.45) is 0 Å². The van der Waals surface area contributed by atoms with Crippen molar-refractivity contribution in [1.29, 1.82) is 0 Å². The zero-order valence-corrected chi connectivity index (χ0v) is 11.0. The summed E-state index contributed by atoms with van der Waals surface area (Å²) in [5, 5.41) is 12.9. The molecule has 2 rings (SSSR count). The van der Waals surface area contributed by atoms with E-state index < -0.39 is 0 Å². The molecule has 0 bridgehead atoms. The summed E-state index contributed by atoms with van der Waals surface area (Å²) in [6.07, 6.45) is 3.88. The van der Waals surface area contributed by atoms with Crippen molar-refractivity contribution in [3.63, 3.8) is 0 Å². The lowest BCUT2D eigenvalue weighted by molar-refractivity contribution is 0.266. The fraction of sp³-hybridized carbons (Fsp3) is 0.667. The summed E-state index contributed by atoms with van der Waals surface area (Å²) in [5.74, 6) is 0.764. The number of hydrogen-bond acceptors (Lipinski definition) is 4. The highest BCUT2D eigenvalue weighted by Gasteiger charge is 2.42. The van der Waals surface area contributed by atoms with Crippen LogP contribution in [0.5, 0.6) is 0 Å². The number of aromatic nitrogens is 2. The van der Waals surface area contributed by atoms with Crippen molar-refractivity contribution >= 4 is 17.4 Å². The van der Waals surface area contributed by atoms with Gasteiger partial charge in [0, 0.05) is 5.56 Å². The maximum atomic E-state index is 9.31. The quantitative estimate of drug-likeness (QED) is 0.793. The predicted molar refractivity (Wildman–Crippen MR) is 68.4 cm³/mol. The molecule has 0 atom stereocenters. The lowest BCUT2D eigenvalue weighted by atomic mass is 10.1. The van der Waals surface area contributed by atoms with E-state index in [-0.39, 0.29) is 17.4 Å². The summed E-state index contributed by atoms with van der Waals surface area (Å²) in [6.45, 7) is 4.24. The van der Waals surface area contributed by atoms with Crippen molar-refractivity contribution in [1.82, 2.24) is 9.97 Å². The lowest BCUT2D eigenvalue weighted by Gasteiger charge is -2.18. The van der Waals surface area contributed by atoms with Gasteiger partial charge in [-0.05, 0) is 37.8 Å². The monoisotopic (exact) mass is 255 g/mol. The van der Waals surface area contributed by atoms with E-state index in [4.69, 9.17) is 11.6 Å². The van der Waals surface area contributed by atoms with Gasteiger partial charge in [-0.1, -0.05) is 13.3 Å². The third kappa shape index (κ3) is 2.69. The van der Waals surface area contributed by atoms with Crippen LogP contribution in [-0.2, 0) is 6.42 Å². The highest BCUT2D eigenvalue weighted by Crippen LogP contribution is 2.38. The second-order valence-corrected chi connectivity index (χ2v) is 5.06. The minimum atomic E-state index is -0.175. The average molecular weight is 256 g/mol.